The number of carbonyl (C=O) groups is 1. The van der Waals surface area contributed by atoms with E-state index in [0.29, 0.717) is 11.3 Å². The minimum Gasteiger partial charge on any atom is -0.339 e. The molecular formula is C29H29N3O2. The van der Waals surface area contributed by atoms with Gasteiger partial charge in [-0.3, -0.25) is 9.59 Å². The van der Waals surface area contributed by atoms with Crippen molar-refractivity contribution in [2.45, 2.75) is 44.4 Å². The number of likely N-dealkylation sites (tertiary alicyclic amines) is 1. The van der Waals surface area contributed by atoms with Crippen LogP contribution in [0.4, 0.5) is 0 Å². The molecule has 1 amide bonds. The van der Waals surface area contributed by atoms with E-state index in [2.05, 4.69) is 18.2 Å². The highest BCUT2D eigenvalue weighted by Crippen LogP contribution is 2.41. The summed E-state index contributed by atoms with van der Waals surface area (Å²) >= 11 is 0. The van der Waals surface area contributed by atoms with Crippen LogP contribution in [0.25, 0.3) is 32.9 Å². The molecule has 34 heavy (non-hydrogen) atoms. The second-order valence-electron chi connectivity index (χ2n) is 9.84. The summed E-state index contributed by atoms with van der Waals surface area (Å²) < 4.78 is 1.60. The molecule has 2 aliphatic rings. The van der Waals surface area contributed by atoms with E-state index in [1.54, 1.807) is 17.8 Å². The number of aryl methyl sites for hydroxylation is 1. The number of carbonyl (C=O) groups excluding carboxylic acids is 1. The van der Waals surface area contributed by atoms with Gasteiger partial charge in [0.1, 0.15) is 0 Å². The molecule has 0 radical (unpaired) electrons. The Labute approximate surface area is 199 Å². The maximum atomic E-state index is 13.2. The van der Waals surface area contributed by atoms with Crippen LogP contribution in [-0.4, -0.2) is 33.4 Å². The zero-order chi connectivity index (χ0) is 23.2. The van der Waals surface area contributed by atoms with Crippen molar-refractivity contribution in [3.8, 4) is 11.3 Å². The number of pyridine rings is 2. The lowest BCUT2D eigenvalue weighted by molar-refractivity contribution is 0.0724. The monoisotopic (exact) mass is 451 g/mol. The molecule has 1 aliphatic heterocycles. The molecule has 172 valence electrons. The lowest BCUT2D eigenvalue weighted by Gasteiger charge is -2.28. The van der Waals surface area contributed by atoms with Crippen LogP contribution < -0.4 is 5.56 Å². The van der Waals surface area contributed by atoms with Crippen molar-refractivity contribution in [1.82, 2.24) is 14.5 Å². The van der Waals surface area contributed by atoms with Gasteiger partial charge in [-0.15, -0.1) is 0 Å². The molecular weight excluding hydrogens is 422 g/mol. The zero-order valence-corrected chi connectivity index (χ0v) is 19.6. The summed E-state index contributed by atoms with van der Waals surface area (Å²) in [5.74, 6) is 0.654. The Morgan fingerprint density at radius 2 is 1.71 bits per heavy atom. The fourth-order valence-corrected chi connectivity index (χ4v) is 5.38. The average molecular weight is 452 g/mol. The van der Waals surface area contributed by atoms with Gasteiger partial charge in [0.05, 0.1) is 11.2 Å². The summed E-state index contributed by atoms with van der Waals surface area (Å²) in [6.45, 7) is 1.68. The maximum absolute atomic E-state index is 13.2. The Morgan fingerprint density at radius 3 is 2.47 bits per heavy atom. The summed E-state index contributed by atoms with van der Waals surface area (Å²) in [6, 6.07) is 16.2. The fraction of sp³-hybridized carbons (Fsp3) is 0.345. The molecule has 0 unspecified atom stereocenters. The largest absolute Gasteiger partial charge is 0.339 e. The van der Waals surface area contributed by atoms with Gasteiger partial charge in [0.25, 0.3) is 11.5 Å². The zero-order valence-electron chi connectivity index (χ0n) is 19.6. The number of amides is 1. The Bertz CT molecular complexity index is 1480. The van der Waals surface area contributed by atoms with Crippen molar-refractivity contribution < 1.29 is 4.79 Å². The standard InChI is InChI=1S/C29H29N3O2/c1-31-15-12-20-16-21(8-10-23(20)29(31)34)26-18-25(19-6-5-7-19)24-11-9-22(17-27(24)30-26)28(33)32-13-3-2-4-14-32/h8-12,15-19H,2-7,13-14H2,1H3. The van der Waals surface area contributed by atoms with Crippen LogP contribution in [0.15, 0.2) is 59.5 Å². The Balaban J connectivity index is 1.47. The minimum atomic E-state index is 0.00606. The first-order valence-electron chi connectivity index (χ1n) is 12.4. The number of hydrogen-bond acceptors (Lipinski definition) is 3. The second kappa shape index (κ2) is 8.39. The molecule has 2 fully saturated rings. The first-order chi connectivity index (χ1) is 16.6. The molecule has 1 saturated heterocycles. The van der Waals surface area contributed by atoms with E-state index >= 15 is 0 Å². The summed E-state index contributed by atoms with van der Waals surface area (Å²) in [5, 5.41) is 2.78. The Morgan fingerprint density at radius 1 is 0.912 bits per heavy atom. The fourth-order valence-electron chi connectivity index (χ4n) is 5.38. The summed E-state index contributed by atoms with van der Waals surface area (Å²) in [4.78, 5) is 32.6. The maximum Gasteiger partial charge on any atom is 0.258 e. The molecule has 4 aromatic rings. The van der Waals surface area contributed by atoms with E-state index < -0.39 is 0 Å². The normalized spacial score (nSPS) is 16.7. The minimum absolute atomic E-state index is 0.00606. The Kier molecular flexibility index (Phi) is 5.20. The van der Waals surface area contributed by atoms with Crippen molar-refractivity contribution in [3.05, 3.63) is 76.2 Å². The van der Waals surface area contributed by atoms with Gasteiger partial charge in [-0.25, -0.2) is 4.98 Å². The van der Waals surface area contributed by atoms with Crippen LogP contribution in [0.5, 0.6) is 0 Å². The third kappa shape index (κ3) is 3.60. The van der Waals surface area contributed by atoms with E-state index in [-0.39, 0.29) is 11.5 Å². The molecule has 1 saturated carbocycles. The predicted octanol–water partition coefficient (Wildman–Crippen LogP) is 5.65. The number of aromatic nitrogens is 2. The molecule has 1 aliphatic carbocycles. The molecule has 2 aromatic heterocycles. The highest BCUT2D eigenvalue weighted by atomic mass is 16.2. The molecule has 0 spiro atoms. The van der Waals surface area contributed by atoms with Crippen LogP contribution in [0.2, 0.25) is 0 Å². The smallest absolute Gasteiger partial charge is 0.258 e. The van der Waals surface area contributed by atoms with Crippen LogP contribution in [0.3, 0.4) is 0 Å². The number of nitrogens with zero attached hydrogens (tertiary/aromatic N) is 3. The molecule has 5 nitrogen and oxygen atoms in total. The molecule has 2 aromatic carbocycles. The van der Waals surface area contributed by atoms with Crippen molar-refractivity contribution >= 4 is 27.6 Å². The number of hydrogen-bond donors (Lipinski definition) is 0. The number of benzene rings is 2. The van der Waals surface area contributed by atoms with Crippen molar-refractivity contribution in [2.75, 3.05) is 13.1 Å². The molecule has 0 bridgehead atoms. The molecule has 5 heteroatoms. The van der Waals surface area contributed by atoms with Gasteiger partial charge in [-0.1, -0.05) is 18.6 Å². The number of rotatable bonds is 3. The highest BCUT2D eigenvalue weighted by Gasteiger charge is 2.24. The van der Waals surface area contributed by atoms with E-state index in [9.17, 15) is 9.59 Å². The lowest BCUT2D eigenvalue weighted by Crippen LogP contribution is -2.35. The van der Waals surface area contributed by atoms with Crippen LogP contribution in [-0.2, 0) is 7.05 Å². The van der Waals surface area contributed by atoms with Crippen molar-refractivity contribution in [1.29, 1.82) is 0 Å². The first kappa shape index (κ1) is 21.1. The topological polar surface area (TPSA) is 55.2 Å². The molecule has 3 heterocycles. The van der Waals surface area contributed by atoms with Gasteiger partial charge in [0, 0.05) is 48.2 Å². The predicted molar refractivity (Wildman–Crippen MR) is 136 cm³/mol. The van der Waals surface area contributed by atoms with Crippen LogP contribution in [0.1, 0.15) is 60.4 Å². The first-order valence-corrected chi connectivity index (χ1v) is 12.4. The average Bonchev–Trinajstić information content (AvgIpc) is 2.84. The van der Waals surface area contributed by atoms with Crippen LogP contribution >= 0.6 is 0 Å². The van der Waals surface area contributed by atoms with Crippen molar-refractivity contribution in [3.63, 3.8) is 0 Å². The number of piperidine rings is 1. The van der Waals surface area contributed by atoms with Gasteiger partial charge in [-0.2, -0.15) is 0 Å². The van der Waals surface area contributed by atoms with E-state index in [4.69, 9.17) is 4.98 Å². The molecule has 0 atom stereocenters. The van der Waals surface area contributed by atoms with E-state index in [1.165, 1.54) is 31.2 Å². The van der Waals surface area contributed by atoms with Gasteiger partial charge in [0.2, 0.25) is 0 Å². The molecule has 6 rings (SSSR count). The highest BCUT2D eigenvalue weighted by molar-refractivity contribution is 5.99. The summed E-state index contributed by atoms with van der Waals surface area (Å²) in [5.41, 5.74) is 4.83. The second-order valence-corrected chi connectivity index (χ2v) is 9.84. The van der Waals surface area contributed by atoms with Crippen LogP contribution in [0, 0.1) is 0 Å². The van der Waals surface area contributed by atoms with Gasteiger partial charge >= 0.3 is 0 Å². The van der Waals surface area contributed by atoms with Gasteiger partial charge < -0.3 is 9.47 Å². The molecule has 0 N–H and O–H groups in total. The Hall–Kier alpha value is -3.47. The van der Waals surface area contributed by atoms with Gasteiger partial charge in [0.15, 0.2) is 0 Å². The van der Waals surface area contributed by atoms with Crippen molar-refractivity contribution in [2.24, 2.45) is 7.05 Å². The quantitative estimate of drug-likeness (QED) is 0.405. The van der Waals surface area contributed by atoms with E-state index in [1.807, 2.05) is 35.2 Å². The summed E-state index contributed by atoms with van der Waals surface area (Å²) in [7, 11) is 1.77. The third-order valence-electron chi connectivity index (χ3n) is 7.65. The van der Waals surface area contributed by atoms with E-state index in [0.717, 1.165) is 59.0 Å². The number of fused-ring (bicyclic) bond motifs is 2. The van der Waals surface area contributed by atoms with Gasteiger partial charge in [-0.05, 0) is 85.4 Å². The third-order valence-corrected chi connectivity index (χ3v) is 7.65. The SMILES string of the molecule is Cn1ccc2cc(-c3cc(C4CCC4)c4ccc(C(=O)N5CCCCC5)cc4n3)ccc2c1=O. The summed E-state index contributed by atoms with van der Waals surface area (Å²) in [6.07, 6.45) is 8.82. The lowest BCUT2D eigenvalue weighted by atomic mass is 9.78.